The smallest absolute Gasteiger partial charge is 0.224 e. The molecule has 170 valence electrons. The number of allylic oxidation sites excluding steroid dienone is 1. The topological polar surface area (TPSA) is 70.0 Å². The van der Waals surface area contributed by atoms with Crippen LogP contribution in [0.15, 0.2) is 23.8 Å². The number of fused-ring (bicyclic) bond motifs is 1. The van der Waals surface area contributed by atoms with Crippen LogP contribution in [0.1, 0.15) is 71.1 Å². The van der Waals surface area contributed by atoms with Gasteiger partial charge >= 0.3 is 0 Å². The summed E-state index contributed by atoms with van der Waals surface area (Å²) in [6, 6.07) is 0. The van der Waals surface area contributed by atoms with E-state index >= 15 is 0 Å². The molecule has 3 rings (SSSR count). The summed E-state index contributed by atoms with van der Waals surface area (Å²) in [5.74, 6) is 1.15. The molecule has 2 N–H and O–H groups in total. The van der Waals surface area contributed by atoms with Gasteiger partial charge in [0.05, 0.1) is 31.8 Å². The zero-order valence-electron chi connectivity index (χ0n) is 18.7. The lowest BCUT2D eigenvalue weighted by Gasteiger charge is -2.26. The van der Waals surface area contributed by atoms with Gasteiger partial charge in [-0.15, -0.1) is 0 Å². The molecular formula is C25H41NO4. The van der Waals surface area contributed by atoms with E-state index in [9.17, 15) is 15.0 Å². The molecule has 0 radical (unpaired) electrons. The number of carbonyl (C=O) groups excluding carboxylic acids is 1. The maximum atomic E-state index is 12.2. The van der Waals surface area contributed by atoms with Gasteiger partial charge in [0.15, 0.2) is 0 Å². The zero-order chi connectivity index (χ0) is 21.3. The second-order valence-corrected chi connectivity index (χ2v) is 9.43. The average Bonchev–Trinajstić information content (AvgIpc) is 3.26. The summed E-state index contributed by atoms with van der Waals surface area (Å²) in [6.45, 7) is 5.04. The lowest BCUT2D eigenvalue weighted by Crippen LogP contribution is -2.36. The first-order valence-corrected chi connectivity index (χ1v) is 12.2. The molecule has 3 aliphatic rings. The predicted molar refractivity (Wildman–Crippen MR) is 119 cm³/mol. The fourth-order valence-electron chi connectivity index (χ4n) is 5.33. The van der Waals surface area contributed by atoms with Crippen molar-refractivity contribution in [3.05, 3.63) is 23.8 Å². The number of amides is 1. The molecule has 1 aliphatic heterocycles. The largest absolute Gasteiger partial charge is 0.392 e. The van der Waals surface area contributed by atoms with Gasteiger partial charge in [-0.05, 0) is 55.9 Å². The first-order chi connectivity index (χ1) is 14.6. The molecule has 1 saturated heterocycles. The van der Waals surface area contributed by atoms with E-state index < -0.39 is 6.10 Å². The van der Waals surface area contributed by atoms with E-state index in [4.69, 9.17) is 4.74 Å². The third-order valence-electron chi connectivity index (χ3n) is 7.07. The Bertz CT molecular complexity index is 596. The Balaban J connectivity index is 1.37. The average molecular weight is 420 g/mol. The van der Waals surface area contributed by atoms with Gasteiger partial charge in [-0.25, -0.2) is 0 Å². The van der Waals surface area contributed by atoms with Crippen molar-refractivity contribution in [2.45, 2.75) is 83.3 Å². The van der Waals surface area contributed by atoms with Crippen LogP contribution < -0.4 is 0 Å². The second kappa shape index (κ2) is 12.0. The Hall–Kier alpha value is -1.17. The molecule has 0 aromatic heterocycles. The third kappa shape index (κ3) is 6.66. The van der Waals surface area contributed by atoms with Crippen LogP contribution >= 0.6 is 0 Å². The van der Waals surface area contributed by atoms with Crippen molar-refractivity contribution in [3.63, 3.8) is 0 Å². The summed E-state index contributed by atoms with van der Waals surface area (Å²) >= 11 is 0. The highest BCUT2D eigenvalue weighted by atomic mass is 16.5. The Morgan fingerprint density at radius 1 is 1.30 bits per heavy atom. The van der Waals surface area contributed by atoms with Crippen molar-refractivity contribution in [2.75, 3.05) is 26.3 Å². The Morgan fingerprint density at radius 3 is 2.87 bits per heavy atom. The van der Waals surface area contributed by atoms with Gasteiger partial charge in [0, 0.05) is 19.0 Å². The molecule has 0 bridgehead atoms. The van der Waals surface area contributed by atoms with Gasteiger partial charge in [-0.2, -0.15) is 0 Å². The van der Waals surface area contributed by atoms with Crippen LogP contribution in [0.5, 0.6) is 0 Å². The maximum absolute atomic E-state index is 12.2. The lowest BCUT2D eigenvalue weighted by atomic mass is 9.89. The van der Waals surface area contributed by atoms with Crippen LogP contribution in [0.3, 0.4) is 0 Å². The Kier molecular flexibility index (Phi) is 9.41. The van der Waals surface area contributed by atoms with Crippen molar-refractivity contribution < 1.29 is 19.7 Å². The highest BCUT2D eigenvalue weighted by Gasteiger charge is 2.43. The van der Waals surface area contributed by atoms with Crippen LogP contribution in [0.25, 0.3) is 0 Å². The van der Waals surface area contributed by atoms with Crippen molar-refractivity contribution in [1.29, 1.82) is 0 Å². The van der Waals surface area contributed by atoms with Gasteiger partial charge in [0.2, 0.25) is 5.91 Å². The van der Waals surface area contributed by atoms with Crippen LogP contribution in [0.2, 0.25) is 0 Å². The minimum Gasteiger partial charge on any atom is -0.392 e. The Labute approximate surface area is 182 Å². The molecule has 2 aliphatic carbocycles. The van der Waals surface area contributed by atoms with Gasteiger partial charge in [0.1, 0.15) is 0 Å². The van der Waals surface area contributed by atoms with Gasteiger partial charge in [-0.1, -0.05) is 44.4 Å². The molecule has 0 unspecified atom stereocenters. The van der Waals surface area contributed by atoms with Gasteiger partial charge in [0.25, 0.3) is 0 Å². The third-order valence-corrected chi connectivity index (χ3v) is 7.07. The van der Waals surface area contributed by atoms with Gasteiger partial charge in [-0.3, -0.25) is 4.79 Å². The SMILES string of the molecule is CCCCC[C@H](O)/C=C/[C@@H]1[C@H]2CC(COCCC(=O)N3CCCCC3)=C[C@H]2C[C@H]1O. The zero-order valence-corrected chi connectivity index (χ0v) is 18.7. The second-order valence-electron chi connectivity index (χ2n) is 9.43. The summed E-state index contributed by atoms with van der Waals surface area (Å²) in [7, 11) is 0. The number of nitrogens with zero attached hydrogens (tertiary/aromatic N) is 1. The molecule has 5 atom stereocenters. The summed E-state index contributed by atoms with van der Waals surface area (Å²) in [5, 5.41) is 20.6. The van der Waals surface area contributed by atoms with E-state index in [0.717, 1.165) is 64.5 Å². The van der Waals surface area contributed by atoms with Crippen LogP contribution in [-0.2, 0) is 9.53 Å². The first-order valence-electron chi connectivity index (χ1n) is 12.2. The molecule has 0 aromatic carbocycles. The fourth-order valence-corrected chi connectivity index (χ4v) is 5.33. The van der Waals surface area contributed by atoms with E-state index in [-0.39, 0.29) is 17.9 Å². The molecule has 30 heavy (non-hydrogen) atoms. The van der Waals surface area contributed by atoms with Crippen molar-refractivity contribution in [2.24, 2.45) is 17.8 Å². The molecule has 1 saturated carbocycles. The maximum Gasteiger partial charge on any atom is 0.224 e. The number of aliphatic hydroxyl groups is 2. The molecule has 1 heterocycles. The van der Waals surface area contributed by atoms with E-state index in [1.54, 1.807) is 0 Å². The van der Waals surface area contributed by atoms with E-state index in [2.05, 4.69) is 19.1 Å². The summed E-state index contributed by atoms with van der Waals surface area (Å²) in [5.41, 5.74) is 1.30. The molecule has 0 aromatic rings. The van der Waals surface area contributed by atoms with Crippen LogP contribution in [0, 0.1) is 17.8 Å². The van der Waals surface area contributed by atoms with E-state index in [1.165, 1.54) is 12.0 Å². The number of hydrogen-bond acceptors (Lipinski definition) is 4. The number of unbranched alkanes of at least 4 members (excludes halogenated alkanes) is 2. The highest BCUT2D eigenvalue weighted by molar-refractivity contribution is 5.76. The van der Waals surface area contributed by atoms with Crippen molar-refractivity contribution in [3.8, 4) is 0 Å². The number of ether oxygens (including phenoxy) is 1. The van der Waals surface area contributed by atoms with Crippen LogP contribution in [0.4, 0.5) is 0 Å². The highest BCUT2D eigenvalue weighted by Crippen LogP contribution is 2.47. The number of hydrogen-bond donors (Lipinski definition) is 2. The first kappa shape index (κ1) is 23.5. The number of carbonyl (C=O) groups is 1. The lowest BCUT2D eigenvalue weighted by molar-refractivity contribution is -0.133. The number of rotatable bonds is 11. The molecule has 0 spiro atoms. The normalized spacial score (nSPS) is 30.0. The molecule has 5 heteroatoms. The molecule has 5 nitrogen and oxygen atoms in total. The van der Waals surface area contributed by atoms with E-state index in [0.29, 0.717) is 31.5 Å². The van der Waals surface area contributed by atoms with Crippen LogP contribution in [-0.4, -0.2) is 59.5 Å². The van der Waals surface area contributed by atoms with Crippen molar-refractivity contribution in [1.82, 2.24) is 4.90 Å². The summed E-state index contributed by atoms with van der Waals surface area (Å²) in [6.07, 6.45) is 15.4. The van der Waals surface area contributed by atoms with E-state index in [1.807, 2.05) is 11.0 Å². The quantitative estimate of drug-likeness (QED) is 0.394. The van der Waals surface area contributed by atoms with Crippen molar-refractivity contribution >= 4 is 5.91 Å². The summed E-state index contributed by atoms with van der Waals surface area (Å²) in [4.78, 5) is 14.2. The fraction of sp³-hybridized carbons (Fsp3) is 0.800. The standard InChI is InChI=1S/C25H41NO4/c1-2-3-5-8-21(27)9-10-22-23-16-19(15-20(23)17-24(22)28)18-30-14-11-25(29)26-12-6-4-7-13-26/h9-10,15,20-24,27-28H,2-8,11-14,16-18H2,1H3/b10-9+/t20-,21-,22+,23-,24+/m0/s1. The summed E-state index contributed by atoms with van der Waals surface area (Å²) < 4.78 is 5.82. The number of piperidine rings is 1. The molecule has 1 amide bonds. The predicted octanol–water partition coefficient (Wildman–Crippen LogP) is 3.85. The molecule has 2 fully saturated rings. The Morgan fingerprint density at radius 2 is 2.10 bits per heavy atom. The number of aliphatic hydroxyl groups excluding tert-OH is 2. The minimum absolute atomic E-state index is 0.116. The molecular weight excluding hydrogens is 378 g/mol. The minimum atomic E-state index is -0.405. The number of likely N-dealkylation sites (tertiary alicyclic amines) is 1. The van der Waals surface area contributed by atoms with Gasteiger partial charge < -0.3 is 19.8 Å². The monoisotopic (exact) mass is 419 g/mol.